The number of benzene rings is 3. The third-order valence-electron chi connectivity index (χ3n) is 7.76. The molecule has 2 heterocycles. The van der Waals surface area contributed by atoms with Crippen molar-refractivity contribution in [2.75, 3.05) is 64.3 Å². The van der Waals surface area contributed by atoms with Crippen molar-refractivity contribution in [2.24, 2.45) is 0 Å². The first kappa shape index (κ1) is 25.8. The van der Waals surface area contributed by atoms with E-state index in [1.54, 1.807) is 0 Å². The number of anilines is 1. The Labute approximate surface area is 226 Å². The summed E-state index contributed by atoms with van der Waals surface area (Å²) < 4.78 is 0. The monoisotopic (exact) mass is 513 g/mol. The molecule has 0 aliphatic carbocycles. The molecule has 37 heavy (non-hydrogen) atoms. The molecule has 5 rings (SSSR count). The molecule has 3 aromatic carbocycles. The van der Waals surface area contributed by atoms with Gasteiger partial charge in [0.1, 0.15) is 0 Å². The number of hydrogen-bond acceptors (Lipinski definition) is 5. The summed E-state index contributed by atoms with van der Waals surface area (Å²) in [6.45, 7) is 9.03. The lowest BCUT2D eigenvalue weighted by molar-refractivity contribution is 0.105. The van der Waals surface area contributed by atoms with E-state index in [0.29, 0.717) is 0 Å². The lowest BCUT2D eigenvalue weighted by Gasteiger charge is -2.40. The first-order valence-corrected chi connectivity index (χ1v) is 13.7. The van der Waals surface area contributed by atoms with Crippen LogP contribution >= 0.6 is 11.6 Å². The number of likely N-dealkylation sites (N-methyl/N-ethyl adjacent to an activating group) is 1. The van der Waals surface area contributed by atoms with Gasteiger partial charge >= 0.3 is 0 Å². The standard InChI is InChI=1S/C31H36ClN5/c1-34-14-5-15-36(19-16-34)30-13-10-27(23-33)28(22-30)24-35-17-20-37(21-18-35)31(25-6-3-2-4-7-25)26-8-11-29(32)12-9-26/h2-4,6-13,22,31H,5,14-21,24H2,1H3/t31-/m0/s1. The van der Waals surface area contributed by atoms with Crippen LogP contribution in [0, 0.1) is 11.3 Å². The number of rotatable bonds is 6. The highest BCUT2D eigenvalue weighted by Gasteiger charge is 2.27. The summed E-state index contributed by atoms with van der Waals surface area (Å²) in [5.74, 6) is 0. The molecule has 1 atom stereocenters. The predicted molar refractivity (Wildman–Crippen MR) is 152 cm³/mol. The summed E-state index contributed by atoms with van der Waals surface area (Å²) in [5.41, 5.74) is 5.76. The molecule has 2 aliphatic rings. The zero-order valence-corrected chi connectivity index (χ0v) is 22.4. The molecule has 0 saturated carbocycles. The molecule has 2 aliphatic heterocycles. The van der Waals surface area contributed by atoms with Crippen molar-refractivity contribution in [2.45, 2.75) is 19.0 Å². The third kappa shape index (κ3) is 6.34. The van der Waals surface area contributed by atoms with E-state index in [2.05, 4.69) is 87.3 Å². The van der Waals surface area contributed by atoms with Gasteiger partial charge in [-0.3, -0.25) is 9.80 Å². The molecular formula is C31H36ClN5. The molecule has 0 aromatic heterocycles. The molecule has 0 spiro atoms. The Morgan fingerprint density at radius 2 is 1.54 bits per heavy atom. The van der Waals surface area contributed by atoms with E-state index in [-0.39, 0.29) is 6.04 Å². The minimum absolute atomic E-state index is 0.208. The molecule has 0 unspecified atom stereocenters. The highest BCUT2D eigenvalue weighted by molar-refractivity contribution is 6.30. The van der Waals surface area contributed by atoms with Gasteiger partial charge in [0.25, 0.3) is 0 Å². The van der Waals surface area contributed by atoms with Crippen LogP contribution in [0.15, 0.2) is 72.8 Å². The first-order valence-electron chi connectivity index (χ1n) is 13.3. The van der Waals surface area contributed by atoms with E-state index in [1.165, 1.54) is 23.2 Å². The second-order valence-corrected chi connectivity index (χ2v) is 10.7. The average molecular weight is 514 g/mol. The summed E-state index contributed by atoms with van der Waals surface area (Å²) in [7, 11) is 2.20. The molecule has 2 saturated heterocycles. The zero-order chi connectivity index (χ0) is 25.6. The molecular weight excluding hydrogens is 478 g/mol. The third-order valence-corrected chi connectivity index (χ3v) is 8.01. The fraction of sp³-hybridized carbons (Fsp3) is 0.387. The van der Waals surface area contributed by atoms with Crippen LogP contribution in [-0.4, -0.2) is 74.1 Å². The molecule has 0 amide bonds. The lowest BCUT2D eigenvalue weighted by atomic mass is 9.96. The largest absolute Gasteiger partial charge is 0.370 e. The molecule has 0 bridgehead atoms. The Bertz CT molecular complexity index is 1200. The quantitative estimate of drug-likeness (QED) is 0.449. The van der Waals surface area contributed by atoms with Crippen LogP contribution in [0.2, 0.25) is 5.02 Å². The molecule has 2 fully saturated rings. The Morgan fingerprint density at radius 1 is 0.811 bits per heavy atom. The van der Waals surface area contributed by atoms with Crippen molar-refractivity contribution >= 4 is 17.3 Å². The number of hydrogen-bond donors (Lipinski definition) is 0. The van der Waals surface area contributed by atoms with Gasteiger partial charge in [0, 0.05) is 63.1 Å². The highest BCUT2D eigenvalue weighted by Crippen LogP contribution is 2.31. The Hall–Kier alpha value is -2.88. The Kier molecular flexibility index (Phi) is 8.43. The summed E-state index contributed by atoms with van der Waals surface area (Å²) >= 11 is 6.20. The maximum absolute atomic E-state index is 9.81. The average Bonchev–Trinajstić information content (AvgIpc) is 3.16. The van der Waals surface area contributed by atoms with Gasteiger partial charge in [-0.25, -0.2) is 0 Å². The second kappa shape index (κ2) is 12.1. The Morgan fingerprint density at radius 3 is 2.27 bits per heavy atom. The van der Waals surface area contributed by atoms with E-state index >= 15 is 0 Å². The lowest BCUT2D eigenvalue weighted by Crippen LogP contribution is -2.47. The van der Waals surface area contributed by atoms with Gasteiger partial charge in [-0.1, -0.05) is 54.1 Å². The normalized spacial score (nSPS) is 18.8. The van der Waals surface area contributed by atoms with Crippen LogP contribution in [0.4, 0.5) is 5.69 Å². The summed E-state index contributed by atoms with van der Waals surface area (Å²) in [5, 5.41) is 10.6. The number of nitrogens with zero attached hydrogens (tertiary/aromatic N) is 5. The molecule has 0 radical (unpaired) electrons. The molecule has 192 valence electrons. The fourth-order valence-corrected chi connectivity index (χ4v) is 5.76. The van der Waals surface area contributed by atoms with Crippen molar-refractivity contribution in [3.8, 4) is 6.07 Å². The minimum atomic E-state index is 0.208. The van der Waals surface area contributed by atoms with Crippen molar-refractivity contribution in [1.82, 2.24) is 14.7 Å². The van der Waals surface area contributed by atoms with Crippen molar-refractivity contribution in [1.29, 1.82) is 5.26 Å². The van der Waals surface area contributed by atoms with E-state index in [9.17, 15) is 5.26 Å². The van der Waals surface area contributed by atoms with Gasteiger partial charge in [-0.2, -0.15) is 5.26 Å². The summed E-state index contributed by atoms with van der Waals surface area (Å²) in [4.78, 5) is 9.94. The number of halogens is 1. The molecule has 6 heteroatoms. The zero-order valence-electron chi connectivity index (χ0n) is 21.7. The van der Waals surface area contributed by atoms with Crippen molar-refractivity contribution < 1.29 is 0 Å². The Balaban J connectivity index is 1.29. The van der Waals surface area contributed by atoms with E-state index in [1.807, 2.05) is 18.2 Å². The van der Waals surface area contributed by atoms with Crippen LogP contribution < -0.4 is 4.90 Å². The smallest absolute Gasteiger partial charge is 0.0995 e. The topological polar surface area (TPSA) is 36.8 Å². The van der Waals surface area contributed by atoms with Crippen LogP contribution in [0.25, 0.3) is 0 Å². The van der Waals surface area contributed by atoms with Gasteiger partial charge < -0.3 is 9.80 Å². The van der Waals surface area contributed by atoms with Crippen LogP contribution in [0.5, 0.6) is 0 Å². The molecule has 0 N–H and O–H groups in total. The second-order valence-electron chi connectivity index (χ2n) is 10.3. The van der Waals surface area contributed by atoms with Crippen LogP contribution in [-0.2, 0) is 6.54 Å². The first-order chi connectivity index (χ1) is 18.1. The SMILES string of the molecule is CN1CCCN(c2ccc(C#N)c(CN3CCN([C@@H](c4ccccc4)c4ccc(Cl)cc4)CC3)c2)CC1. The van der Waals surface area contributed by atoms with Gasteiger partial charge in [0.15, 0.2) is 0 Å². The van der Waals surface area contributed by atoms with Crippen molar-refractivity contribution in [3.05, 3.63) is 100 Å². The fourth-order valence-electron chi connectivity index (χ4n) is 5.64. The van der Waals surface area contributed by atoms with E-state index < -0.39 is 0 Å². The van der Waals surface area contributed by atoms with Crippen LogP contribution in [0.3, 0.4) is 0 Å². The predicted octanol–water partition coefficient (Wildman–Crippen LogP) is 5.26. The van der Waals surface area contributed by atoms with E-state index in [4.69, 9.17) is 11.6 Å². The summed E-state index contributed by atoms with van der Waals surface area (Å²) in [6, 6.07) is 28.1. The molecule has 3 aromatic rings. The number of piperazine rings is 1. The highest BCUT2D eigenvalue weighted by atomic mass is 35.5. The van der Waals surface area contributed by atoms with Gasteiger partial charge in [-0.05, 0) is 67.0 Å². The van der Waals surface area contributed by atoms with Gasteiger partial charge in [0.05, 0.1) is 17.7 Å². The molecule has 5 nitrogen and oxygen atoms in total. The van der Waals surface area contributed by atoms with E-state index in [0.717, 1.165) is 75.1 Å². The van der Waals surface area contributed by atoms with Gasteiger partial charge in [0.2, 0.25) is 0 Å². The van der Waals surface area contributed by atoms with Gasteiger partial charge in [-0.15, -0.1) is 0 Å². The van der Waals surface area contributed by atoms with Crippen molar-refractivity contribution in [3.63, 3.8) is 0 Å². The summed E-state index contributed by atoms with van der Waals surface area (Å²) in [6.07, 6.45) is 1.17. The minimum Gasteiger partial charge on any atom is -0.370 e. The van der Waals surface area contributed by atoms with Crippen LogP contribution in [0.1, 0.15) is 34.7 Å². The number of nitriles is 1. The maximum Gasteiger partial charge on any atom is 0.0995 e. The maximum atomic E-state index is 9.81.